The maximum Gasteiger partial charge on any atom is 0.416 e. The molecule has 7 nitrogen and oxygen atoms in total. The van der Waals surface area contributed by atoms with Gasteiger partial charge in [-0.15, -0.1) is 0 Å². The van der Waals surface area contributed by atoms with Crippen molar-refractivity contribution in [3.05, 3.63) is 84.1 Å². The number of carbonyl (C=O) groups excluding carboxylic acids is 1. The number of amides is 1. The van der Waals surface area contributed by atoms with E-state index in [9.17, 15) is 26.4 Å². The third kappa shape index (κ3) is 5.30. The van der Waals surface area contributed by atoms with E-state index >= 15 is 0 Å². The molecule has 0 bridgehead atoms. The lowest BCUT2D eigenvalue weighted by atomic mass is 10.2. The molecule has 11 heteroatoms. The molecular weight excluding hydrogens is 469 g/mol. The normalized spacial score (nSPS) is 14.7. The molecule has 0 atom stereocenters. The maximum atomic E-state index is 12.9. The lowest BCUT2D eigenvalue weighted by Crippen LogP contribution is -2.49. The second-order valence-electron chi connectivity index (χ2n) is 7.68. The number of anilines is 2. The molecule has 1 saturated heterocycles. The predicted molar refractivity (Wildman–Crippen MR) is 121 cm³/mol. The molecule has 1 amide bonds. The number of sulfonamides is 1. The quantitative estimate of drug-likeness (QED) is 0.587. The number of halogens is 3. The summed E-state index contributed by atoms with van der Waals surface area (Å²) in [6, 6.07) is 14.9. The van der Waals surface area contributed by atoms with Gasteiger partial charge >= 0.3 is 6.18 Å². The number of hydrogen-bond acceptors (Lipinski definition) is 5. The van der Waals surface area contributed by atoms with Gasteiger partial charge in [0, 0.05) is 43.6 Å². The summed E-state index contributed by atoms with van der Waals surface area (Å²) in [6.45, 7) is 2.23. The van der Waals surface area contributed by atoms with Crippen LogP contribution in [0.3, 0.4) is 0 Å². The number of carbonyl (C=O) groups is 1. The van der Waals surface area contributed by atoms with Crippen molar-refractivity contribution in [2.24, 2.45) is 0 Å². The first-order valence-electron chi connectivity index (χ1n) is 10.4. The second kappa shape index (κ2) is 9.34. The lowest BCUT2D eigenvalue weighted by Gasteiger charge is -2.35. The molecular formula is C23H21F3N4O3S. The van der Waals surface area contributed by atoms with E-state index in [0.29, 0.717) is 31.7 Å². The van der Waals surface area contributed by atoms with Gasteiger partial charge in [0.15, 0.2) is 0 Å². The summed E-state index contributed by atoms with van der Waals surface area (Å²) >= 11 is 0. The molecule has 1 fully saturated rings. The number of piperazine rings is 1. The van der Waals surface area contributed by atoms with E-state index in [2.05, 4.69) is 14.6 Å². The van der Waals surface area contributed by atoms with Crippen molar-refractivity contribution >= 4 is 27.4 Å². The molecule has 1 aromatic heterocycles. The number of rotatable bonds is 5. The van der Waals surface area contributed by atoms with Gasteiger partial charge in [-0.05, 0) is 54.6 Å². The van der Waals surface area contributed by atoms with Crippen molar-refractivity contribution in [3.63, 3.8) is 0 Å². The molecule has 3 aromatic rings. The Morgan fingerprint density at radius 2 is 1.62 bits per heavy atom. The van der Waals surface area contributed by atoms with Gasteiger partial charge in [0.25, 0.3) is 15.9 Å². The molecule has 0 aliphatic carbocycles. The van der Waals surface area contributed by atoms with Crippen LogP contribution >= 0.6 is 0 Å². The van der Waals surface area contributed by atoms with Gasteiger partial charge in [-0.1, -0.05) is 12.1 Å². The van der Waals surface area contributed by atoms with Crippen molar-refractivity contribution in [2.75, 3.05) is 35.8 Å². The van der Waals surface area contributed by atoms with Gasteiger partial charge in [0.2, 0.25) is 0 Å². The molecule has 2 heterocycles. The van der Waals surface area contributed by atoms with Crippen LogP contribution in [0, 0.1) is 0 Å². The third-order valence-electron chi connectivity index (χ3n) is 5.39. The van der Waals surface area contributed by atoms with Gasteiger partial charge in [-0.25, -0.2) is 13.4 Å². The fraction of sp³-hybridized carbons (Fsp3) is 0.217. The Morgan fingerprint density at radius 1 is 0.912 bits per heavy atom. The number of alkyl halides is 3. The third-order valence-corrected chi connectivity index (χ3v) is 6.79. The maximum absolute atomic E-state index is 12.9. The highest BCUT2D eigenvalue weighted by Crippen LogP contribution is 2.31. The van der Waals surface area contributed by atoms with Crippen LogP contribution in [0.1, 0.15) is 15.9 Å². The lowest BCUT2D eigenvalue weighted by molar-refractivity contribution is -0.137. The predicted octanol–water partition coefficient (Wildman–Crippen LogP) is 3.86. The fourth-order valence-corrected chi connectivity index (χ4v) is 4.66. The molecule has 4 rings (SSSR count). The first kappa shape index (κ1) is 23.6. The topological polar surface area (TPSA) is 82.6 Å². The number of nitrogens with zero attached hydrogens (tertiary/aromatic N) is 3. The Kier molecular flexibility index (Phi) is 6.47. The zero-order valence-electron chi connectivity index (χ0n) is 17.9. The number of pyridine rings is 1. The van der Waals surface area contributed by atoms with Gasteiger partial charge in [0.05, 0.1) is 10.5 Å². The van der Waals surface area contributed by atoms with Crippen LogP contribution in [0.25, 0.3) is 0 Å². The van der Waals surface area contributed by atoms with Crippen LogP contribution in [-0.2, 0) is 16.2 Å². The van der Waals surface area contributed by atoms with Crippen molar-refractivity contribution in [1.82, 2.24) is 9.88 Å². The number of nitrogens with one attached hydrogen (secondary N) is 1. The van der Waals surface area contributed by atoms with Crippen LogP contribution in [0.15, 0.2) is 77.8 Å². The molecule has 178 valence electrons. The van der Waals surface area contributed by atoms with Crippen LogP contribution in [0.4, 0.5) is 24.7 Å². The minimum absolute atomic E-state index is 0.165. The van der Waals surface area contributed by atoms with E-state index in [1.807, 2.05) is 18.2 Å². The van der Waals surface area contributed by atoms with Gasteiger partial charge < -0.3 is 9.80 Å². The second-order valence-corrected chi connectivity index (χ2v) is 9.36. The Hall–Kier alpha value is -3.60. The smallest absolute Gasteiger partial charge is 0.353 e. The molecule has 1 aliphatic heterocycles. The average molecular weight is 491 g/mol. The van der Waals surface area contributed by atoms with Crippen molar-refractivity contribution in [1.29, 1.82) is 0 Å². The van der Waals surface area contributed by atoms with Gasteiger partial charge in [-0.2, -0.15) is 13.2 Å². The zero-order valence-corrected chi connectivity index (χ0v) is 18.7. The summed E-state index contributed by atoms with van der Waals surface area (Å²) in [4.78, 5) is 20.8. The number of hydrogen-bond donors (Lipinski definition) is 1. The van der Waals surface area contributed by atoms with Crippen molar-refractivity contribution in [3.8, 4) is 0 Å². The van der Waals surface area contributed by atoms with Crippen molar-refractivity contribution < 1.29 is 26.4 Å². The van der Waals surface area contributed by atoms with E-state index in [1.54, 1.807) is 11.1 Å². The largest absolute Gasteiger partial charge is 0.416 e. The summed E-state index contributed by atoms with van der Waals surface area (Å²) in [6.07, 6.45) is -2.88. The minimum atomic E-state index is -4.59. The van der Waals surface area contributed by atoms with E-state index in [-0.39, 0.29) is 16.5 Å². The standard InChI is InChI=1S/C23H21F3N4O3S/c24-23(25,26)18-4-3-5-19(16-18)28-34(32,33)20-9-7-17(8-10-20)22(31)30-14-12-29(13-15-30)21-6-1-2-11-27-21/h1-11,16,28H,12-15H2. The highest BCUT2D eigenvalue weighted by atomic mass is 32.2. The average Bonchev–Trinajstić information content (AvgIpc) is 2.84. The van der Waals surface area contributed by atoms with E-state index < -0.39 is 21.8 Å². The molecule has 0 radical (unpaired) electrons. The molecule has 2 aromatic carbocycles. The Labute approximate surface area is 194 Å². The highest BCUT2D eigenvalue weighted by molar-refractivity contribution is 7.92. The van der Waals surface area contributed by atoms with E-state index in [1.165, 1.54) is 30.3 Å². The number of benzene rings is 2. The monoisotopic (exact) mass is 490 g/mol. The molecule has 0 spiro atoms. The Balaban J connectivity index is 1.41. The summed E-state index contributed by atoms with van der Waals surface area (Å²) in [5.74, 6) is 0.618. The first-order chi connectivity index (χ1) is 16.1. The van der Waals surface area contributed by atoms with Crippen molar-refractivity contribution in [2.45, 2.75) is 11.1 Å². The van der Waals surface area contributed by atoms with Crippen LogP contribution in [-0.4, -0.2) is 50.4 Å². The molecule has 1 aliphatic rings. The minimum Gasteiger partial charge on any atom is -0.353 e. The Bertz CT molecular complexity index is 1260. The Morgan fingerprint density at radius 3 is 2.24 bits per heavy atom. The van der Waals surface area contributed by atoms with Gasteiger partial charge in [0.1, 0.15) is 5.82 Å². The molecule has 1 N–H and O–H groups in total. The van der Waals surface area contributed by atoms with Gasteiger partial charge in [-0.3, -0.25) is 9.52 Å². The molecule has 34 heavy (non-hydrogen) atoms. The van der Waals surface area contributed by atoms with Crippen LogP contribution in [0.5, 0.6) is 0 Å². The fourth-order valence-electron chi connectivity index (χ4n) is 3.61. The van der Waals surface area contributed by atoms with E-state index in [4.69, 9.17) is 0 Å². The zero-order chi connectivity index (χ0) is 24.3. The summed E-state index contributed by atoms with van der Waals surface area (Å²) in [7, 11) is -4.14. The van der Waals surface area contributed by atoms with Crippen LogP contribution < -0.4 is 9.62 Å². The SMILES string of the molecule is O=C(c1ccc(S(=O)(=O)Nc2cccc(C(F)(F)F)c2)cc1)N1CCN(c2ccccn2)CC1. The highest BCUT2D eigenvalue weighted by Gasteiger charge is 2.31. The molecule has 0 unspecified atom stereocenters. The summed E-state index contributed by atoms with van der Waals surface area (Å²) in [5, 5.41) is 0. The number of aromatic nitrogens is 1. The first-order valence-corrected chi connectivity index (χ1v) is 11.9. The summed E-state index contributed by atoms with van der Waals surface area (Å²) in [5.41, 5.74) is -0.846. The van der Waals surface area contributed by atoms with Crippen LogP contribution in [0.2, 0.25) is 0 Å². The summed E-state index contributed by atoms with van der Waals surface area (Å²) < 4.78 is 66.0. The van der Waals surface area contributed by atoms with E-state index in [0.717, 1.165) is 24.0 Å². The molecule has 0 saturated carbocycles.